The molecule has 0 spiro atoms. The van der Waals surface area contributed by atoms with Crippen LogP contribution in [0.5, 0.6) is 0 Å². The molecular weight excluding hydrogens is 252 g/mol. The molecule has 0 fully saturated rings. The highest BCUT2D eigenvalue weighted by atomic mass is 32.2. The molecule has 1 atom stereocenters. The van der Waals surface area contributed by atoms with Crippen LogP contribution in [0.4, 0.5) is 0 Å². The summed E-state index contributed by atoms with van der Waals surface area (Å²) in [4.78, 5) is 0.282. The zero-order chi connectivity index (χ0) is 13.2. The molecule has 2 aromatic rings. The number of H-pyrrole nitrogens is 1. The summed E-state index contributed by atoms with van der Waals surface area (Å²) in [6.07, 6.45) is 0.399. The Kier molecular flexibility index (Phi) is 3.42. The van der Waals surface area contributed by atoms with Gasteiger partial charge in [-0.15, -0.1) is 10.2 Å². The second-order valence-electron chi connectivity index (χ2n) is 4.02. The van der Waals surface area contributed by atoms with Crippen LogP contribution in [0.15, 0.2) is 29.2 Å². The van der Waals surface area contributed by atoms with Crippen LogP contribution in [0, 0.1) is 6.92 Å². The van der Waals surface area contributed by atoms with Crippen LogP contribution >= 0.6 is 0 Å². The maximum Gasteiger partial charge on any atom is 0.192 e. The first-order chi connectivity index (χ1) is 8.55. The molecular formula is C11H14N4O2S. The normalized spacial score (nSPS) is 13.4. The van der Waals surface area contributed by atoms with E-state index in [2.05, 4.69) is 20.6 Å². The Balaban J connectivity index is 2.44. The molecule has 6 nitrogen and oxygen atoms in total. The van der Waals surface area contributed by atoms with Gasteiger partial charge in [-0.2, -0.15) is 5.21 Å². The van der Waals surface area contributed by atoms with Gasteiger partial charge in [-0.3, -0.25) is 0 Å². The number of aromatic amines is 1. The number of rotatable bonds is 4. The van der Waals surface area contributed by atoms with Gasteiger partial charge in [0.2, 0.25) is 0 Å². The molecule has 1 heterocycles. The van der Waals surface area contributed by atoms with E-state index in [9.17, 15) is 8.42 Å². The van der Waals surface area contributed by atoms with Gasteiger partial charge in [0.1, 0.15) is 5.25 Å². The fourth-order valence-corrected chi connectivity index (χ4v) is 3.40. The van der Waals surface area contributed by atoms with Crippen molar-refractivity contribution in [3.05, 3.63) is 35.7 Å². The van der Waals surface area contributed by atoms with Gasteiger partial charge >= 0.3 is 0 Å². The zero-order valence-corrected chi connectivity index (χ0v) is 11.0. The predicted octanol–water partition coefficient (Wildman–Crippen LogP) is 1.43. The summed E-state index contributed by atoms with van der Waals surface area (Å²) in [5, 5.41) is 12.5. The maximum atomic E-state index is 12.5. The first-order valence-electron chi connectivity index (χ1n) is 5.59. The number of nitrogens with zero attached hydrogens (tertiary/aromatic N) is 3. The lowest BCUT2D eigenvalue weighted by atomic mass is 10.2. The fourth-order valence-electron chi connectivity index (χ4n) is 1.74. The molecule has 0 radical (unpaired) electrons. The second-order valence-corrected chi connectivity index (χ2v) is 6.16. The highest BCUT2D eigenvalue weighted by molar-refractivity contribution is 7.91. The Morgan fingerprint density at radius 3 is 2.44 bits per heavy atom. The molecule has 7 heteroatoms. The third-order valence-electron chi connectivity index (χ3n) is 2.74. The number of benzene rings is 1. The number of hydrogen-bond acceptors (Lipinski definition) is 5. The van der Waals surface area contributed by atoms with Gasteiger partial charge in [-0.1, -0.05) is 29.8 Å². The van der Waals surface area contributed by atoms with Crippen LogP contribution in [-0.2, 0) is 9.84 Å². The fraction of sp³-hybridized carbons (Fsp3) is 0.364. The number of sulfone groups is 1. The molecule has 0 aliphatic heterocycles. The molecule has 18 heavy (non-hydrogen) atoms. The summed E-state index contributed by atoms with van der Waals surface area (Å²) < 4.78 is 24.9. The van der Waals surface area contributed by atoms with Crippen molar-refractivity contribution in [1.82, 2.24) is 20.6 Å². The largest absolute Gasteiger partial charge is 0.223 e. The quantitative estimate of drug-likeness (QED) is 0.904. The Hall–Kier alpha value is -1.76. The van der Waals surface area contributed by atoms with E-state index in [1.807, 2.05) is 6.92 Å². The van der Waals surface area contributed by atoms with Crippen LogP contribution < -0.4 is 0 Å². The third kappa shape index (κ3) is 2.26. The molecule has 1 aromatic heterocycles. The maximum absolute atomic E-state index is 12.5. The standard InChI is InChI=1S/C11H14N4O2S/c1-3-10(11-12-14-15-13-11)18(16,17)9-6-4-8(2)5-7-9/h4-7,10H,3H2,1-2H3,(H,12,13,14,15)/t10-/m1/s1. The molecule has 0 saturated carbocycles. The van der Waals surface area contributed by atoms with Gasteiger partial charge in [0.25, 0.3) is 0 Å². The van der Waals surface area contributed by atoms with Crippen molar-refractivity contribution in [2.75, 3.05) is 0 Å². The number of aromatic nitrogens is 4. The Bertz CT molecular complexity index is 605. The van der Waals surface area contributed by atoms with Gasteiger partial charge in [-0.25, -0.2) is 8.42 Å². The average Bonchev–Trinajstić information content (AvgIpc) is 2.84. The number of aryl methyl sites for hydroxylation is 1. The van der Waals surface area contributed by atoms with Gasteiger partial charge in [-0.05, 0) is 25.5 Å². The lowest BCUT2D eigenvalue weighted by Gasteiger charge is -2.12. The molecule has 1 N–H and O–H groups in total. The van der Waals surface area contributed by atoms with E-state index in [1.165, 1.54) is 0 Å². The van der Waals surface area contributed by atoms with Crippen molar-refractivity contribution in [2.45, 2.75) is 30.4 Å². The zero-order valence-electron chi connectivity index (χ0n) is 10.2. The minimum Gasteiger partial charge on any atom is -0.223 e. The monoisotopic (exact) mass is 266 g/mol. The van der Waals surface area contributed by atoms with Gasteiger partial charge in [0.15, 0.2) is 15.7 Å². The van der Waals surface area contributed by atoms with Crippen molar-refractivity contribution in [1.29, 1.82) is 0 Å². The number of nitrogens with one attached hydrogen (secondary N) is 1. The lowest BCUT2D eigenvalue weighted by molar-refractivity contribution is 0.574. The minimum absolute atomic E-state index is 0.207. The molecule has 0 aliphatic carbocycles. The van der Waals surface area contributed by atoms with Crippen molar-refractivity contribution < 1.29 is 8.42 Å². The van der Waals surface area contributed by atoms with Crippen LogP contribution in [0.2, 0.25) is 0 Å². The second kappa shape index (κ2) is 4.85. The Morgan fingerprint density at radius 1 is 1.28 bits per heavy atom. The molecule has 0 saturated heterocycles. The average molecular weight is 266 g/mol. The molecule has 0 amide bonds. The lowest BCUT2D eigenvalue weighted by Crippen LogP contribution is -2.14. The van der Waals surface area contributed by atoms with E-state index in [1.54, 1.807) is 31.2 Å². The van der Waals surface area contributed by atoms with Crippen molar-refractivity contribution >= 4 is 9.84 Å². The Labute approximate surface area is 105 Å². The Morgan fingerprint density at radius 2 is 1.94 bits per heavy atom. The first-order valence-corrected chi connectivity index (χ1v) is 7.14. The summed E-state index contributed by atoms with van der Waals surface area (Å²) in [6.45, 7) is 3.69. The molecule has 96 valence electrons. The summed E-state index contributed by atoms with van der Waals surface area (Å²) in [6, 6.07) is 6.76. The number of hydrogen-bond donors (Lipinski definition) is 1. The first kappa shape index (κ1) is 12.7. The molecule has 1 aromatic carbocycles. The van der Waals surface area contributed by atoms with Crippen LogP contribution in [0.1, 0.15) is 30.0 Å². The van der Waals surface area contributed by atoms with Gasteiger partial charge < -0.3 is 0 Å². The van der Waals surface area contributed by atoms with E-state index in [4.69, 9.17) is 0 Å². The van der Waals surface area contributed by atoms with Crippen LogP contribution in [0.3, 0.4) is 0 Å². The van der Waals surface area contributed by atoms with Crippen LogP contribution in [-0.4, -0.2) is 29.0 Å². The smallest absolute Gasteiger partial charge is 0.192 e. The molecule has 2 rings (SSSR count). The predicted molar refractivity (Wildman–Crippen MR) is 65.6 cm³/mol. The van der Waals surface area contributed by atoms with E-state index >= 15 is 0 Å². The number of tetrazole rings is 1. The van der Waals surface area contributed by atoms with Gasteiger partial charge in [0.05, 0.1) is 4.90 Å². The van der Waals surface area contributed by atoms with Crippen LogP contribution in [0.25, 0.3) is 0 Å². The van der Waals surface area contributed by atoms with E-state index in [-0.39, 0.29) is 10.7 Å². The summed E-state index contributed by atoms with van der Waals surface area (Å²) >= 11 is 0. The highest BCUT2D eigenvalue weighted by Gasteiger charge is 2.30. The molecule has 0 bridgehead atoms. The topological polar surface area (TPSA) is 88.6 Å². The summed E-state index contributed by atoms with van der Waals surface area (Å²) in [5.74, 6) is 0.207. The van der Waals surface area contributed by atoms with Crippen molar-refractivity contribution in [3.63, 3.8) is 0 Å². The third-order valence-corrected chi connectivity index (χ3v) is 4.97. The summed E-state index contributed by atoms with van der Waals surface area (Å²) in [5.41, 5.74) is 1.02. The van der Waals surface area contributed by atoms with Gasteiger partial charge in [0, 0.05) is 0 Å². The van der Waals surface area contributed by atoms with E-state index in [0.29, 0.717) is 6.42 Å². The van der Waals surface area contributed by atoms with E-state index < -0.39 is 15.1 Å². The highest BCUT2D eigenvalue weighted by Crippen LogP contribution is 2.28. The SMILES string of the molecule is CC[C@H](c1nn[nH]n1)S(=O)(=O)c1ccc(C)cc1. The van der Waals surface area contributed by atoms with E-state index in [0.717, 1.165) is 5.56 Å². The van der Waals surface area contributed by atoms with Crippen molar-refractivity contribution in [3.8, 4) is 0 Å². The minimum atomic E-state index is -3.48. The molecule has 0 aliphatic rings. The van der Waals surface area contributed by atoms with Crippen molar-refractivity contribution in [2.24, 2.45) is 0 Å². The summed E-state index contributed by atoms with van der Waals surface area (Å²) in [7, 11) is -3.48. The molecule has 0 unspecified atom stereocenters.